The zero-order chi connectivity index (χ0) is 16.6. The Morgan fingerprint density at radius 3 is 2.52 bits per heavy atom. The Kier molecular flexibility index (Phi) is 4.09. The fourth-order valence-corrected chi connectivity index (χ4v) is 3.08. The van der Waals surface area contributed by atoms with E-state index in [2.05, 4.69) is 10.1 Å². The third-order valence-corrected chi connectivity index (χ3v) is 4.22. The highest BCUT2D eigenvalue weighted by Crippen LogP contribution is 2.29. The number of aromatic nitrogens is 3. The van der Waals surface area contributed by atoms with E-state index in [9.17, 15) is 14.4 Å². The second kappa shape index (κ2) is 6.04. The fraction of sp³-hybridized carbons (Fsp3) is 0.312. The molecule has 1 aliphatic rings. The van der Waals surface area contributed by atoms with Crippen molar-refractivity contribution < 1.29 is 14.4 Å². The highest BCUT2D eigenvalue weighted by atomic mass is 35.5. The predicted octanol–water partition coefficient (Wildman–Crippen LogP) is 2.29. The van der Waals surface area contributed by atoms with Crippen LogP contribution in [0.25, 0.3) is 5.69 Å². The molecule has 0 saturated heterocycles. The van der Waals surface area contributed by atoms with Crippen LogP contribution in [0.1, 0.15) is 30.1 Å². The summed E-state index contributed by atoms with van der Waals surface area (Å²) in [6.45, 7) is 1.83. The van der Waals surface area contributed by atoms with Crippen LogP contribution in [0.5, 0.6) is 0 Å². The predicted molar refractivity (Wildman–Crippen MR) is 82.6 cm³/mol. The van der Waals surface area contributed by atoms with Crippen molar-refractivity contribution in [3.63, 3.8) is 0 Å². The van der Waals surface area contributed by atoms with Gasteiger partial charge in [-0.2, -0.15) is 5.10 Å². The maximum Gasteiger partial charge on any atom is 0.182 e. The van der Waals surface area contributed by atoms with Gasteiger partial charge in [-0.3, -0.25) is 14.4 Å². The summed E-state index contributed by atoms with van der Waals surface area (Å²) in [7, 11) is 0. The highest BCUT2D eigenvalue weighted by Gasteiger charge is 2.39. The van der Waals surface area contributed by atoms with Crippen molar-refractivity contribution in [3.8, 4) is 5.69 Å². The number of Topliss-reactive ketones (excluding diaryl/α,β-unsaturated/α-hetero) is 3. The largest absolute Gasteiger partial charge is 0.298 e. The number of halogens is 1. The normalized spacial score (nSPS) is 21.5. The van der Waals surface area contributed by atoms with E-state index in [1.165, 1.54) is 23.4 Å². The average Bonchev–Trinajstić information content (AvgIpc) is 3.00. The van der Waals surface area contributed by atoms with Crippen molar-refractivity contribution in [1.82, 2.24) is 14.8 Å². The Balaban J connectivity index is 1.91. The lowest BCUT2D eigenvalue weighted by Crippen LogP contribution is -2.38. The quantitative estimate of drug-likeness (QED) is 0.636. The molecule has 118 valence electrons. The number of benzene rings is 1. The standard InChI is InChI=1S/C16H14ClN3O3/c1-9-4-13(21)15(14(22)5-9)16(23)11-3-2-10(6-12(11)17)20-8-18-7-19-20/h2-3,6-9,15H,4-5H2,1H3. The molecule has 0 bridgehead atoms. The Morgan fingerprint density at radius 2 is 1.96 bits per heavy atom. The summed E-state index contributed by atoms with van der Waals surface area (Å²) in [5.74, 6) is -2.41. The summed E-state index contributed by atoms with van der Waals surface area (Å²) in [6, 6.07) is 4.72. The first-order chi connectivity index (χ1) is 11.0. The van der Waals surface area contributed by atoms with Crippen molar-refractivity contribution in [3.05, 3.63) is 41.4 Å². The van der Waals surface area contributed by atoms with Crippen molar-refractivity contribution in [2.45, 2.75) is 19.8 Å². The minimum atomic E-state index is -1.22. The molecule has 0 spiro atoms. The van der Waals surface area contributed by atoms with Gasteiger partial charge < -0.3 is 0 Å². The van der Waals surface area contributed by atoms with E-state index in [0.29, 0.717) is 5.69 Å². The fourth-order valence-electron chi connectivity index (χ4n) is 2.81. The topological polar surface area (TPSA) is 81.9 Å². The van der Waals surface area contributed by atoms with E-state index in [-0.39, 0.29) is 40.9 Å². The van der Waals surface area contributed by atoms with Crippen molar-refractivity contribution in [1.29, 1.82) is 0 Å². The summed E-state index contributed by atoms with van der Waals surface area (Å²) in [5, 5.41) is 4.16. The van der Waals surface area contributed by atoms with E-state index in [0.717, 1.165) is 0 Å². The van der Waals surface area contributed by atoms with Crippen LogP contribution in [0, 0.1) is 11.8 Å². The van der Waals surface area contributed by atoms with Crippen LogP contribution in [-0.2, 0) is 9.59 Å². The summed E-state index contributed by atoms with van der Waals surface area (Å²) < 4.78 is 1.50. The third-order valence-electron chi connectivity index (χ3n) is 3.91. The van der Waals surface area contributed by atoms with Gasteiger partial charge in [-0.15, -0.1) is 0 Å². The van der Waals surface area contributed by atoms with E-state index < -0.39 is 11.7 Å². The molecule has 2 aromatic rings. The van der Waals surface area contributed by atoms with Gasteiger partial charge in [0.05, 0.1) is 10.7 Å². The lowest BCUT2D eigenvalue weighted by atomic mass is 9.77. The maximum absolute atomic E-state index is 12.6. The molecule has 0 atom stereocenters. The molecule has 3 rings (SSSR count). The van der Waals surface area contributed by atoms with Gasteiger partial charge in [-0.25, -0.2) is 9.67 Å². The lowest BCUT2D eigenvalue weighted by molar-refractivity contribution is -0.134. The number of hydrogen-bond donors (Lipinski definition) is 0. The molecule has 1 aromatic carbocycles. The van der Waals surface area contributed by atoms with Gasteiger partial charge in [0.25, 0.3) is 0 Å². The first kappa shape index (κ1) is 15.6. The smallest absolute Gasteiger partial charge is 0.182 e. The number of carbonyl (C=O) groups is 3. The first-order valence-corrected chi connectivity index (χ1v) is 7.59. The Morgan fingerprint density at radius 1 is 1.26 bits per heavy atom. The average molecular weight is 332 g/mol. The molecule has 23 heavy (non-hydrogen) atoms. The molecule has 0 N–H and O–H groups in total. The number of ketones is 3. The van der Waals surface area contributed by atoms with E-state index in [4.69, 9.17) is 11.6 Å². The second-order valence-corrected chi connectivity index (χ2v) is 6.15. The minimum Gasteiger partial charge on any atom is -0.298 e. The molecule has 1 heterocycles. The van der Waals surface area contributed by atoms with Crippen LogP contribution in [-0.4, -0.2) is 32.1 Å². The summed E-state index contributed by atoms with van der Waals surface area (Å²) in [6.07, 6.45) is 3.38. The highest BCUT2D eigenvalue weighted by molar-refractivity contribution is 6.36. The van der Waals surface area contributed by atoms with Gasteiger partial charge in [0.15, 0.2) is 17.3 Å². The van der Waals surface area contributed by atoms with Gasteiger partial charge in [0.1, 0.15) is 18.6 Å². The molecule has 6 nitrogen and oxygen atoms in total. The van der Waals surface area contributed by atoms with Crippen LogP contribution in [0.3, 0.4) is 0 Å². The molecule has 1 aliphatic carbocycles. The van der Waals surface area contributed by atoms with E-state index >= 15 is 0 Å². The zero-order valence-electron chi connectivity index (χ0n) is 12.4. The van der Waals surface area contributed by atoms with E-state index in [1.807, 2.05) is 6.92 Å². The molecule has 1 aromatic heterocycles. The van der Waals surface area contributed by atoms with Gasteiger partial charge >= 0.3 is 0 Å². The molecular formula is C16H14ClN3O3. The summed E-state index contributed by atoms with van der Waals surface area (Å²) in [4.78, 5) is 40.6. The number of rotatable bonds is 3. The molecule has 1 fully saturated rings. The van der Waals surface area contributed by atoms with Crippen molar-refractivity contribution >= 4 is 29.0 Å². The number of nitrogens with zero attached hydrogens (tertiary/aromatic N) is 3. The van der Waals surface area contributed by atoms with Gasteiger partial charge in [0, 0.05) is 18.4 Å². The molecular weight excluding hydrogens is 318 g/mol. The molecule has 0 radical (unpaired) electrons. The Bertz CT molecular complexity index is 768. The molecule has 0 aliphatic heterocycles. The SMILES string of the molecule is CC1CC(=O)C(C(=O)c2ccc(-n3cncn3)cc2Cl)C(=O)C1. The Labute approximate surface area is 137 Å². The van der Waals surface area contributed by atoms with Gasteiger partial charge in [-0.05, 0) is 24.1 Å². The lowest BCUT2D eigenvalue weighted by Gasteiger charge is -2.23. The molecule has 1 saturated carbocycles. The second-order valence-electron chi connectivity index (χ2n) is 5.75. The van der Waals surface area contributed by atoms with Crippen LogP contribution in [0.2, 0.25) is 5.02 Å². The van der Waals surface area contributed by atoms with Crippen molar-refractivity contribution in [2.75, 3.05) is 0 Å². The zero-order valence-corrected chi connectivity index (χ0v) is 13.2. The molecule has 0 amide bonds. The summed E-state index contributed by atoms with van der Waals surface area (Å²) >= 11 is 6.18. The first-order valence-electron chi connectivity index (χ1n) is 7.21. The van der Waals surface area contributed by atoms with E-state index in [1.54, 1.807) is 12.1 Å². The Hall–Kier alpha value is -2.34. The van der Waals surface area contributed by atoms with Crippen LogP contribution < -0.4 is 0 Å². The van der Waals surface area contributed by atoms with Crippen LogP contribution in [0.4, 0.5) is 0 Å². The van der Waals surface area contributed by atoms with Crippen LogP contribution >= 0.6 is 11.6 Å². The van der Waals surface area contributed by atoms with Crippen molar-refractivity contribution in [2.24, 2.45) is 11.8 Å². The third kappa shape index (κ3) is 2.94. The van der Waals surface area contributed by atoms with Gasteiger partial charge in [-0.1, -0.05) is 18.5 Å². The molecule has 0 unspecified atom stereocenters. The molecule has 7 heteroatoms. The maximum atomic E-state index is 12.6. The minimum absolute atomic E-state index is 0.00999. The number of hydrogen-bond acceptors (Lipinski definition) is 5. The summed E-state index contributed by atoms with van der Waals surface area (Å²) in [5.41, 5.74) is 0.816. The van der Waals surface area contributed by atoms with Gasteiger partial charge in [0.2, 0.25) is 0 Å². The monoisotopic (exact) mass is 331 g/mol. The number of carbonyl (C=O) groups excluding carboxylic acids is 3. The van der Waals surface area contributed by atoms with Crippen LogP contribution in [0.15, 0.2) is 30.9 Å².